The molecule has 30 heavy (non-hydrogen) atoms. The summed E-state index contributed by atoms with van der Waals surface area (Å²) >= 11 is 0. The van der Waals surface area contributed by atoms with Gasteiger partial charge in [-0.1, -0.05) is 20.3 Å². The molecule has 0 bridgehead atoms. The van der Waals surface area contributed by atoms with Crippen molar-refractivity contribution in [1.82, 2.24) is 9.80 Å². The zero-order valence-electron chi connectivity index (χ0n) is 16.4. The fourth-order valence-corrected chi connectivity index (χ4v) is 4.58. The van der Waals surface area contributed by atoms with Gasteiger partial charge < -0.3 is 34.9 Å². The summed E-state index contributed by atoms with van der Waals surface area (Å²) < 4.78 is 22.6. The average molecular weight is 478 g/mol. The number of hydrogen-bond acceptors (Lipinski definition) is 7. The predicted octanol–water partition coefficient (Wildman–Crippen LogP) is -0.712. The van der Waals surface area contributed by atoms with Gasteiger partial charge in [-0.3, -0.25) is 33.3 Å². The van der Waals surface area contributed by atoms with E-state index in [2.05, 4.69) is 0 Å². The largest absolute Gasteiger partial charge is 0.481 e. The first-order valence-corrected chi connectivity index (χ1v) is 12.3. The lowest BCUT2D eigenvalue weighted by molar-refractivity contribution is -0.157. The van der Waals surface area contributed by atoms with Gasteiger partial charge in [-0.15, -0.1) is 0 Å². The summed E-state index contributed by atoms with van der Waals surface area (Å²) in [6, 6.07) is -3.24. The van der Waals surface area contributed by atoms with Gasteiger partial charge in [-0.2, -0.15) is 0 Å². The molecule has 0 heterocycles. The quantitative estimate of drug-likeness (QED) is 0.144. The van der Waals surface area contributed by atoms with Gasteiger partial charge in [0.05, 0.1) is 6.42 Å². The van der Waals surface area contributed by atoms with Crippen LogP contribution in [0, 0.1) is 5.92 Å². The smallest absolute Gasteiger partial charge is 0.339 e. The second-order valence-corrected chi connectivity index (χ2v) is 10.1. The highest BCUT2D eigenvalue weighted by molar-refractivity contribution is 7.52. The van der Waals surface area contributed by atoms with Crippen molar-refractivity contribution in [3.05, 3.63) is 0 Å². The molecule has 0 rings (SSSR count). The Labute approximate surface area is 172 Å². The van der Waals surface area contributed by atoms with Crippen LogP contribution in [0.1, 0.15) is 26.7 Å². The van der Waals surface area contributed by atoms with E-state index in [9.17, 15) is 33.7 Å². The summed E-state index contributed by atoms with van der Waals surface area (Å²) in [7, 11) is -9.53. The number of carboxylic acids is 3. The molecule has 176 valence electrons. The molecule has 0 saturated carbocycles. The van der Waals surface area contributed by atoms with E-state index < -0.39 is 83.2 Å². The second-order valence-electron chi connectivity index (χ2n) is 6.86. The summed E-state index contributed by atoms with van der Waals surface area (Å²) in [6.07, 6.45) is -2.79. The van der Waals surface area contributed by atoms with Crippen molar-refractivity contribution in [2.45, 2.75) is 38.8 Å². The molecule has 7 N–H and O–H groups in total. The molecule has 0 spiro atoms. The third-order valence-electron chi connectivity index (χ3n) is 4.29. The minimum absolute atomic E-state index is 0.293. The maximum Gasteiger partial charge on any atom is 0.339 e. The first-order chi connectivity index (χ1) is 13.5. The Balaban J connectivity index is 6.00. The van der Waals surface area contributed by atoms with Crippen LogP contribution in [0.15, 0.2) is 0 Å². The van der Waals surface area contributed by atoms with Gasteiger partial charge in [0, 0.05) is 13.1 Å². The lowest BCUT2D eigenvalue weighted by Gasteiger charge is -2.37. The van der Waals surface area contributed by atoms with Gasteiger partial charge in [0.25, 0.3) is 0 Å². The SMILES string of the molecule is CCC(C)C(C(=O)O)N(CCN(CP(=O)(O)O)CP(=O)(O)O)C(CC(=O)O)C(=O)O. The number of nitrogens with zero attached hydrogens (tertiary/aromatic N) is 2. The Hall–Kier alpha value is -1.37. The van der Waals surface area contributed by atoms with Gasteiger partial charge in [-0.25, -0.2) is 0 Å². The summed E-state index contributed by atoms with van der Waals surface area (Å²) in [5.41, 5.74) is 0. The molecular formula is C14H28N2O12P2. The Bertz CT molecular complexity index is 681. The first kappa shape index (κ1) is 28.6. The average Bonchev–Trinajstić information content (AvgIpc) is 2.52. The number of aliphatic carboxylic acids is 3. The van der Waals surface area contributed by atoms with Crippen LogP contribution in [0.25, 0.3) is 0 Å². The fraction of sp³-hybridized carbons (Fsp3) is 0.786. The normalized spacial score (nSPS) is 15.7. The van der Waals surface area contributed by atoms with E-state index in [0.29, 0.717) is 11.3 Å². The summed E-state index contributed by atoms with van der Waals surface area (Å²) in [4.78, 5) is 72.6. The van der Waals surface area contributed by atoms with E-state index in [0.717, 1.165) is 4.90 Å². The predicted molar refractivity (Wildman–Crippen MR) is 102 cm³/mol. The molecule has 0 aliphatic carbocycles. The van der Waals surface area contributed by atoms with Crippen molar-refractivity contribution in [2.75, 3.05) is 25.7 Å². The van der Waals surface area contributed by atoms with Gasteiger partial charge in [0.2, 0.25) is 0 Å². The molecule has 0 aromatic rings. The van der Waals surface area contributed by atoms with Crippen LogP contribution >= 0.6 is 15.2 Å². The van der Waals surface area contributed by atoms with Crippen LogP contribution in [-0.4, -0.2) is 100 Å². The molecule has 14 nitrogen and oxygen atoms in total. The minimum Gasteiger partial charge on any atom is -0.481 e. The number of rotatable bonds is 15. The summed E-state index contributed by atoms with van der Waals surface area (Å²) in [6.45, 7) is 2.10. The zero-order chi connectivity index (χ0) is 23.9. The Morgan fingerprint density at radius 3 is 1.63 bits per heavy atom. The highest BCUT2D eigenvalue weighted by Crippen LogP contribution is 2.40. The molecule has 3 atom stereocenters. The maximum absolute atomic E-state index is 11.8. The monoisotopic (exact) mass is 478 g/mol. The summed E-state index contributed by atoms with van der Waals surface area (Å²) in [5.74, 6) is -5.20. The van der Waals surface area contributed by atoms with Crippen LogP contribution in [0.2, 0.25) is 0 Å². The molecule has 0 saturated heterocycles. The minimum atomic E-state index is -4.76. The lowest BCUT2D eigenvalue weighted by Crippen LogP contribution is -2.56. The number of carbonyl (C=O) groups is 3. The van der Waals surface area contributed by atoms with Crippen molar-refractivity contribution in [2.24, 2.45) is 5.92 Å². The van der Waals surface area contributed by atoms with E-state index in [-0.39, 0.29) is 0 Å². The molecular weight excluding hydrogens is 450 g/mol. The van der Waals surface area contributed by atoms with Crippen LogP contribution < -0.4 is 0 Å². The van der Waals surface area contributed by atoms with Crippen LogP contribution in [-0.2, 0) is 23.5 Å². The van der Waals surface area contributed by atoms with Gasteiger partial charge >= 0.3 is 33.1 Å². The molecule has 0 radical (unpaired) electrons. The molecule has 0 amide bonds. The van der Waals surface area contributed by atoms with Gasteiger partial charge in [0.1, 0.15) is 24.7 Å². The molecule has 0 aliphatic rings. The van der Waals surface area contributed by atoms with E-state index in [1.807, 2.05) is 0 Å². The Morgan fingerprint density at radius 2 is 1.33 bits per heavy atom. The van der Waals surface area contributed by atoms with Crippen LogP contribution in [0.5, 0.6) is 0 Å². The first-order valence-electron chi connectivity index (χ1n) is 8.73. The van der Waals surface area contributed by atoms with E-state index >= 15 is 0 Å². The lowest BCUT2D eigenvalue weighted by atomic mass is 9.95. The zero-order valence-corrected chi connectivity index (χ0v) is 18.2. The standard InChI is InChI=1S/C14H28N2O12P2/c1-3-9(2)12(14(21)22)16(10(13(19)20)6-11(17)18)5-4-15(7-29(23,24)25)8-30(26,27)28/h9-10,12H,3-8H2,1-2H3,(H,17,18)(H,19,20)(H,21,22)(H2,23,24,25)(H2,26,27,28). The van der Waals surface area contributed by atoms with E-state index in [1.54, 1.807) is 6.92 Å². The van der Waals surface area contributed by atoms with Crippen molar-refractivity contribution < 1.29 is 58.4 Å². The van der Waals surface area contributed by atoms with Crippen molar-refractivity contribution in [1.29, 1.82) is 0 Å². The molecule has 0 aliphatic heterocycles. The molecule has 16 heteroatoms. The fourth-order valence-electron chi connectivity index (χ4n) is 2.90. The Kier molecular flexibility index (Phi) is 11.3. The van der Waals surface area contributed by atoms with Crippen molar-refractivity contribution >= 4 is 33.1 Å². The molecule has 0 aromatic heterocycles. The van der Waals surface area contributed by atoms with Gasteiger partial charge in [-0.05, 0) is 5.92 Å². The third-order valence-corrected chi connectivity index (χ3v) is 5.83. The van der Waals surface area contributed by atoms with Crippen molar-refractivity contribution in [3.63, 3.8) is 0 Å². The van der Waals surface area contributed by atoms with Crippen LogP contribution in [0.3, 0.4) is 0 Å². The third kappa shape index (κ3) is 11.1. The summed E-state index contributed by atoms with van der Waals surface area (Å²) in [5, 5.41) is 28.1. The molecule has 0 fully saturated rings. The number of carboxylic acid groups (broad SMARTS) is 3. The van der Waals surface area contributed by atoms with E-state index in [4.69, 9.17) is 24.7 Å². The topological polar surface area (TPSA) is 233 Å². The van der Waals surface area contributed by atoms with E-state index in [1.165, 1.54) is 6.92 Å². The highest BCUT2D eigenvalue weighted by atomic mass is 31.2. The number of hydrogen-bond donors (Lipinski definition) is 7. The van der Waals surface area contributed by atoms with Gasteiger partial charge in [0.15, 0.2) is 0 Å². The molecule has 3 unspecified atom stereocenters. The highest BCUT2D eigenvalue weighted by Gasteiger charge is 2.39. The maximum atomic E-state index is 11.8. The Morgan fingerprint density at radius 1 is 0.867 bits per heavy atom. The second kappa shape index (κ2) is 11.9. The van der Waals surface area contributed by atoms with Crippen molar-refractivity contribution in [3.8, 4) is 0 Å². The molecule has 0 aromatic carbocycles. The van der Waals surface area contributed by atoms with Crippen LogP contribution in [0.4, 0.5) is 0 Å².